The Bertz CT molecular complexity index is 1960. The van der Waals surface area contributed by atoms with Gasteiger partial charge in [-0.25, -0.2) is 14.4 Å². The van der Waals surface area contributed by atoms with E-state index in [1.54, 1.807) is 13.0 Å². The number of thiophene rings is 2. The lowest BCUT2D eigenvalue weighted by atomic mass is 9.99. The minimum Gasteiger partial charge on any atom is -0.477 e. The second-order valence-corrected chi connectivity index (χ2v) is 18.7. The van der Waals surface area contributed by atoms with Crippen LogP contribution in [0.1, 0.15) is 115 Å². The average molecular weight is 864 g/mol. The molecule has 0 saturated carbocycles. The quantitative estimate of drug-likeness (QED) is 0.111. The van der Waals surface area contributed by atoms with Crippen molar-refractivity contribution in [3.05, 3.63) is 110 Å². The van der Waals surface area contributed by atoms with E-state index < -0.39 is 29.4 Å². The Hall–Kier alpha value is -4.14. The van der Waals surface area contributed by atoms with Crippen LogP contribution < -0.4 is 21.7 Å². The number of hydrogen-bond acceptors (Lipinski definition) is 9. The smallest absolute Gasteiger partial charge is 0.407 e. The number of nitrogens with one attached hydrogen (secondary N) is 3. The number of aryl methyl sites for hydroxylation is 6. The molecule has 0 fully saturated rings. The highest BCUT2D eigenvalue weighted by molar-refractivity contribution is 7.14. The van der Waals surface area contributed by atoms with Gasteiger partial charge in [0.1, 0.15) is 16.1 Å². The molecule has 15 heteroatoms. The van der Waals surface area contributed by atoms with Crippen molar-refractivity contribution in [1.82, 2.24) is 16.0 Å². The standard InChI is InChI=1S/C21H27ClN2O3S.C15H24N2O2.C6H5ClO2S/c1-12-7-15(10-24-20(26)27-21(4,5)6)8-13(2)16(12)11-23-19(25)18-9-17(22)14(3)28-18;1-10-6-12(7-11(2)13(10)8-16)9-17-14(18)19-15(3,4)5;1-3-4(7)2-5(10-3)6(8)9/h7-9H,10-11H2,1-6H3,(H,23,25)(H,24,26);6-7H,8-9,16H2,1-5H3,(H,17,18);2H,1H3,(H,8,9). The average Bonchev–Trinajstić information content (AvgIpc) is 3.60. The van der Waals surface area contributed by atoms with Crippen LogP contribution in [0.25, 0.3) is 0 Å². The Balaban J connectivity index is 0.000000331. The van der Waals surface area contributed by atoms with Gasteiger partial charge in [-0.05, 0) is 140 Å². The number of carbonyl (C=O) groups is 4. The van der Waals surface area contributed by atoms with Crippen molar-refractivity contribution >= 4 is 69.9 Å². The molecule has 2 aromatic heterocycles. The number of ether oxygens (including phenoxy) is 2. The van der Waals surface area contributed by atoms with Crippen LogP contribution >= 0.6 is 45.9 Å². The minimum atomic E-state index is -0.917. The minimum absolute atomic E-state index is 0.130. The lowest BCUT2D eigenvalue weighted by Crippen LogP contribution is -2.32. The number of alkyl carbamates (subject to hydrolysis) is 2. The molecule has 0 bridgehead atoms. The Morgan fingerprint density at radius 1 is 0.614 bits per heavy atom. The van der Waals surface area contributed by atoms with Crippen LogP contribution in [0.4, 0.5) is 9.59 Å². The summed E-state index contributed by atoms with van der Waals surface area (Å²) in [6.45, 7) is 24.6. The van der Waals surface area contributed by atoms with Crippen LogP contribution in [0.5, 0.6) is 0 Å². The molecule has 0 aliphatic heterocycles. The van der Waals surface area contributed by atoms with Crippen LogP contribution in [-0.2, 0) is 35.7 Å². The molecular weight excluding hydrogens is 808 g/mol. The molecule has 6 N–H and O–H groups in total. The second-order valence-electron chi connectivity index (χ2n) is 15.3. The number of rotatable bonds is 9. The van der Waals surface area contributed by atoms with Gasteiger partial charge in [0.15, 0.2) is 0 Å². The Labute approximate surface area is 354 Å². The van der Waals surface area contributed by atoms with Crippen molar-refractivity contribution in [2.24, 2.45) is 5.73 Å². The molecule has 0 spiro atoms. The zero-order valence-electron chi connectivity index (χ0n) is 34.8. The Morgan fingerprint density at radius 2 is 0.982 bits per heavy atom. The molecule has 0 saturated heterocycles. The van der Waals surface area contributed by atoms with Gasteiger partial charge < -0.3 is 36.3 Å². The maximum absolute atomic E-state index is 12.3. The summed E-state index contributed by atoms with van der Waals surface area (Å²) in [5.41, 5.74) is 13.4. The van der Waals surface area contributed by atoms with Crippen LogP contribution in [0.2, 0.25) is 10.0 Å². The molecule has 312 valence electrons. The number of amides is 3. The maximum Gasteiger partial charge on any atom is 0.407 e. The first-order valence-corrected chi connectivity index (χ1v) is 20.5. The van der Waals surface area contributed by atoms with E-state index in [0.717, 1.165) is 48.7 Å². The van der Waals surface area contributed by atoms with Gasteiger partial charge in [0.05, 0.1) is 14.9 Å². The highest BCUT2D eigenvalue weighted by Crippen LogP contribution is 2.27. The number of hydrogen-bond donors (Lipinski definition) is 5. The van der Waals surface area contributed by atoms with E-state index >= 15 is 0 Å². The zero-order valence-corrected chi connectivity index (χ0v) is 38.0. The van der Waals surface area contributed by atoms with Crippen molar-refractivity contribution in [3.8, 4) is 0 Å². The summed E-state index contributed by atoms with van der Waals surface area (Å²) in [5, 5.41) is 18.1. The van der Waals surface area contributed by atoms with Crippen molar-refractivity contribution in [3.63, 3.8) is 0 Å². The molecule has 0 aliphatic carbocycles. The van der Waals surface area contributed by atoms with Crippen molar-refractivity contribution in [2.45, 2.75) is 120 Å². The van der Waals surface area contributed by atoms with Gasteiger partial charge in [-0.3, -0.25) is 4.79 Å². The topological polar surface area (TPSA) is 169 Å². The van der Waals surface area contributed by atoms with Gasteiger partial charge in [0, 0.05) is 35.9 Å². The molecule has 11 nitrogen and oxygen atoms in total. The fourth-order valence-corrected chi connectivity index (χ4v) is 7.50. The third-order valence-electron chi connectivity index (χ3n) is 7.96. The predicted molar refractivity (Wildman–Crippen MR) is 232 cm³/mol. The van der Waals surface area contributed by atoms with Gasteiger partial charge in [0.25, 0.3) is 5.91 Å². The number of carboxylic acid groups (broad SMARTS) is 1. The summed E-state index contributed by atoms with van der Waals surface area (Å²) in [5.74, 6) is -1.05. The van der Waals surface area contributed by atoms with Crippen molar-refractivity contribution in [1.29, 1.82) is 0 Å². The molecular formula is C42H56Cl2N4O7S2. The van der Waals surface area contributed by atoms with E-state index in [1.807, 2.05) is 100 Å². The lowest BCUT2D eigenvalue weighted by molar-refractivity contribution is 0.0512. The predicted octanol–water partition coefficient (Wildman–Crippen LogP) is 10.5. The second kappa shape index (κ2) is 21.6. The number of halogens is 2. The van der Waals surface area contributed by atoms with Crippen molar-refractivity contribution in [2.75, 3.05) is 0 Å². The normalized spacial score (nSPS) is 11.0. The molecule has 57 heavy (non-hydrogen) atoms. The van der Waals surface area contributed by atoms with Crippen LogP contribution in [0, 0.1) is 41.5 Å². The summed E-state index contributed by atoms with van der Waals surface area (Å²) >= 11 is 14.2. The molecule has 0 atom stereocenters. The monoisotopic (exact) mass is 862 g/mol. The molecule has 0 unspecified atom stereocenters. The highest BCUT2D eigenvalue weighted by atomic mass is 35.5. The molecule has 4 rings (SSSR count). The van der Waals surface area contributed by atoms with Gasteiger partial charge >= 0.3 is 18.2 Å². The fraction of sp³-hybridized carbons (Fsp3) is 0.429. The van der Waals surface area contributed by atoms with Gasteiger partial charge in [0.2, 0.25) is 0 Å². The van der Waals surface area contributed by atoms with E-state index in [0.29, 0.717) is 46.0 Å². The third kappa shape index (κ3) is 17.1. The van der Waals surface area contributed by atoms with Gasteiger partial charge in [-0.2, -0.15) is 0 Å². The molecule has 2 aromatic carbocycles. The summed E-state index contributed by atoms with van der Waals surface area (Å²) in [4.78, 5) is 48.7. The number of benzene rings is 2. The molecule has 4 aromatic rings. The largest absolute Gasteiger partial charge is 0.477 e. The van der Waals surface area contributed by atoms with Crippen molar-refractivity contribution < 1.29 is 33.8 Å². The summed E-state index contributed by atoms with van der Waals surface area (Å²) < 4.78 is 10.4. The van der Waals surface area contributed by atoms with E-state index in [4.69, 9.17) is 43.5 Å². The summed E-state index contributed by atoms with van der Waals surface area (Å²) in [7, 11) is 0. The number of carboxylic acids is 1. The number of aromatic carboxylic acids is 1. The van der Waals surface area contributed by atoms with Gasteiger partial charge in [-0.15, -0.1) is 22.7 Å². The molecule has 2 heterocycles. The number of nitrogens with two attached hydrogens (primary N) is 1. The van der Waals surface area contributed by atoms with E-state index in [2.05, 4.69) is 16.0 Å². The van der Waals surface area contributed by atoms with Crippen LogP contribution in [0.15, 0.2) is 36.4 Å². The third-order valence-corrected chi connectivity index (χ3v) is 11.1. The van der Waals surface area contributed by atoms with Crippen LogP contribution in [-0.4, -0.2) is 40.4 Å². The maximum atomic E-state index is 12.3. The van der Waals surface area contributed by atoms with Gasteiger partial charge in [-0.1, -0.05) is 47.5 Å². The molecule has 3 amide bonds. The Morgan fingerprint density at radius 3 is 1.28 bits per heavy atom. The SMILES string of the molecule is Cc1cc(CNC(=O)OC(C)(C)C)cc(C)c1CN.Cc1cc(CNC(=O)OC(C)(C)C)cc(C)c1CNC(=O)c1cc(Cl)c(C)s1.Cc1sc(C(=O)O)cc1Cl. The fourth-order valence-electron chi connectivity index (χ4n) is 5.34. The van der Waals surface area contributed by atoms with E-state index in [9.17, 15) is 19.2 Å². The summed E-state index contributed by atoms with van der Waals surface area (Å²) in [6.07, 6.45) is -0.838. The Kier molecular flexibility index (Phi) is 18.5. The van der Waals surface area contributed by atoms with E-state index in [-0.39, 0.29) is 5.91 Å². The lowest BCUT2D eigenvalue weighted by Gasteiger charge is -2.20. The first-order chi connectivity index (χ1) is 26.3. The molecule has 0 radical (unpaired) electrons. The van der Waals surface area contributed by atoms with Crippen LogP contribution in [0.3, 0.4) is 0 Å². The number of carbonyl (C=O) groups excluding carboxylic acids is 3. The highest BCUT2D eigenvalue weighted by Gasteiger charge is 2.18. The zero-order chi connectivity index (χ0) is 43.4. The summed E-state index contributed by atoms with van der Waals surface area (Å²) in [6, 6.07) is 11.3. The molecule has 0 aliphatic rings. The first-order valence-electron chi connectivity index (χ1n) is 18.1. The first kappa shape index (κ1) is 49.0. The van der Waals surface area contributed by atoms with E-state index in [1.165, 1.54) is 34.3 Å².